The highest BCUT2D eigenvalue weighted by Crippen LogP contribution is 2.26. The number of fused-ring (bicyclic) bond motifs is 1. The fraction of sp³-hybridized carbons (Fsp3) is 0.667. The Labute approximate surface area is 117 Å². The first-order valence-electron chi connectivity index (χ1n) is 8.21. The Morgan fingerprint density at radius 1 is 0.947 bits per heavy atom. The highest BCUT2D eigenvalue weighted by Gasteiger charge is 2.17. The van der Waals surface area contributed by atoms with Gasteiger partial charge in [-0.3, -0.25) is 0 Å². The van der Waals surface area contributed by atoms with E-state index < -0.39 is 0 Å². The molecular formula is C18H27N. The van der Waals surface area contributed by atoms with Gasteiger partial charge in [-0.2, -0.15) is 0 Å². The summed E-state index contributed by atoms with van der Waals surface area (Å²) < 4.78 is 0. The third-order valence-corrected chi connectivity index (χ3v) is 4.96. The molecule has 0 aliphatic heterocycles. The lowest BCUT2D eigenvalue weighted by Crippen LogP contribution is -2.31. The van der Waals surface area contributed by atoms with Crippen LogP contribution in [0.1, 0.15) is 74.6 Å². The van der Waals surface area contributed by atoms with Crippen molar-refractivity contribution in [2.75, 3.05) is 0 Å². The molecule has 0 aromatic heterocycles. The van der Waals surface area contributed by atoms with E-state index in [1.54, 1.807) is 11.1 Å². The molecule has 1 aromatic rings. The Morgan fingerprint density at radius 2 is 1.68 bits per heavy atom. The summed E-state index contributed by atoms with van der Waals surface area (Å²) in [6.07, 6.45) is 12.4. The third-order valence-electron chi connectivity index (χ3n) is 4.96. The van der Waals surface area contributed by atoms with Gasteiger partial charge in [-0.25, -0.2) is 0 Å². The fourth-order valence-corrected chi connectivity index (χ4v) is 3.76. The van der Waals surface area contributed by atoms with Gasteiger partial charge < -0.3 is 5.32 Å². The Hall–Kier alpha value is -0.820. The van der Waals surface area contributed by atoms with Crippen LogP contribution in [0.4, 0.5) is 0 Å². The molecule has 3 rings (SSSR count). The zero-order valence-corrected chi connectivity index (χ0v) is 12.3. The van der Waals surface area contributed by atoms with Gasteiger partial charge >= 0.3 is 0 Å². The van der Waals surface area contributed by atoms with Gasteiger partial charge in [0, 0.05) is 12.1 Å². The molecule has 1 nitrogen and oxygen atoms in total. The van der Waals surface area contributed by atoms with E-state index in [4.69, 9.17) is 0 Å². The predicted molar refractivity (Wildman–Crippen MR) is 81.5 cm³/mol. The van der Waals surface area contributed by atoms with Crippen molar-refractivity contribution in [3.63, 3.8) is 0 Å². The molecule has 1 heteroatoms. The summed E-state index contributed by atoms with van der Waals surface area (Å²) in [6, 6.07) is 8.41. The molecule has 1 aromatic carbocycles. The molecule has 0 saturated heterocycles. The second-order valence-electron chi connectivity index (χ2n) is 6.46. The molecule has 1 atom stereocenters. The van der Waals surface area contributed by atoms with Crippen LogP contribution in [0.3, 0.4) is 0 Å². The van der Waals surface area contributed by atoms with Crippen LogP contribution in [-0.2, 0) is 12.8 Å². The van der Waals surface area contributed by atoms with Gasteiger partial charge in [0.05, 0.1) is 0 Å². The largest absolute Gasteiger partial charge is 0.307 e. The van der Waals surface area contributed by atoms with Crippen LogP contribution in [0, 0.1) is 0 Å². The van der Waals surface area contributed by atoms with Crippen LogP contribution in [0.25, 0.3) is 0 Å². The summed E-state index contributed by atoms with van der Waals surface area (Å²) in [6.45, 7) is 2.33. The van der Waals surface area contributed by atoms with Crippen molar-refractivity contribution in [3.05, 3.63) is 34.9 Å². The van der Waals surface area contributed by atoms with Gasteiger partial charge in [-0.1, -0.05) is 43.9 Å². The van der Waals surface area contributed by atoms with E-state index in [-0.39, 0.29) is 0 Å². The highest BCUT2D eigenvalue weighted by molar-refractivity contribution is 5.36. The first-order valence-corrected chi connectivity index (χ1v) is 8.21. The van der Waals surface area contributed by atoms with E-state index in [0.29, 0.717) is 6.04 Å². The Bertz CT molecular complexity index is 416. The van der Waals surface area contributed by atoms with Crippen molar-refractivity contribution in [3.8, 4) is 0 Å². The summed E-state index contributed by atoms with van der Waals surface area (Å²) in [5, 5.41) is 3.87. The van der Waals surface area contributed by atoms with Crippen LogP contribution in [0.2, 0.25) is 0 Å². The van der Waals surface area contributed by atoms with Crippen molar-refractivity contribution < 1.29 is 0 Å². The van der Waals surface area contributed by atoms with Gasteiger partial charge in [0.1, 0.15) is 0 Å². The minimum atomic E-state index is 0.508. The van der Waals surface area contributed by atoms with E-state index in [1.807, 2.05) is 0 Å². The second-order valence-corrected chi connectivity index (χ2v) is 6.46. The predicted octanol–water partition coefficient (Wildman–Crippen LogP) is 4.55. The molecule has 2 aliphatic rings. The van der Waals surface area contributed by atoms with Crippen molar-refractivity contribution in [1.29, 1.82) is 0 Å². The molecule has 1 saturated carbocycles. The van der Waals surface area contributed by atoms with Crippen molar-refractivity contribution in [1.82, 2.24) is 5.32 Å². The molecule has 0 bridgehead atoms. The standard InChI is InChI=1S/C18H27N/c1-14(19-18-9-4-2-3-5-10-18)16-12-11-15-7-6-8-17(15)13-16/h11-14,18-19H,2-10H2,1H3. The van der Waals surface area contributed by atoms with Crippen molar-refractivity contribution >= 4 is 0 Å². The SMILES string of the molecule is CC(NC1CCCCCC1)c1ccc2c(c1)CCC2. The van der Waals surface area contributed by atoms with Crippen LogP contribution in [0.5, 0.6) is 0 Å². The van der Waals surface area contributed by atoms with Crippen LogP contribution >= 0.6 is 0 Å². The smallest absolute Gasteiger partial charge is 0.0294 e. The summed E-state index contributed by atoms with van der Waals surface area (Å²) in [5.74, 6) is 0. The number of rotatable bonds is 3. The number of hydrogen-bond donors (Lipinski definition) is 1. The molecule has 0 heterocycles. The van der Waals surface area contributed by atoms with Crippen LogP contribution in [0.15, 0.2) is 18.2 Å². The first kappa shape index (κ1) is 13.2. The van der Waals surface area contributed by atoms with Gasteiger partial charge in [0.15, 0.2) is 0 Å². The van der Waals surface area contributed by atoms with Crippen LogP contribution < -0.4 is 5.32 Å². The lowest BCUT2D eigenvalue weighted by Gasteiger charge is -2.23. The van der Waals surface area contributed by atoms with E-state index in [9.17, 15) is 0 Å². The normalized spacial score (nSPS) is 21.9. The van der Waals surface area contributed by atoms with E-state index in [0.717, 1.165) is 6.04 Å². The molecule has 0 radical (unpaired) electrons. The maximum atomic E-state index is 3.87. The Kier molecular flexibility index (Phi) is 4.22. The summed E-state index contributed by atoms with van der Waals surface area (Å²) >= 11 is 0. The molecule has 19 heavy (non-hydrogen) atoms. The van der Waals surface area contributed by atoms with E-state index >= 15 is 0 Å². The summed E-state index contributed by atoms with van der Waals surface area (Å²) in [5.41, 5.74) is 4.68. The average Bonchev–Trinajstić information content (AvgIpc) is 2.75. The zero-order chi connectivity index (χ0) is 13.1. The number of nitrogens with one attached hydrogen (secondary N) is 1. The molecule has 1 fully saturated rings. The molecule has 0 spiro atoms. The molecule has 0 amide bonds. The first-order chi connectivity index (χ1) is 9.33. The molecule has 104 valence electrons. The Balaban J connectivity index is 1.64. The van der Waals surface area contributed by atoms with Gasteiger partial charge in [-0.15, -0.1) is 0 Å². The van der Waals surface area contributed by atoms with E-state index in [2.05, 4.69) is 30.4 Å². The summed E-state index contributed by atoms with van der Waals surface area (Å²) in [4.78, 5) is 0. The topological polar surface area (TPSA) is 12.0 Å². The molecule has 1 N–H and O–H groups in total. The zero-order valence-electron chi connectivity index (χ0n) is 12.3. The molecular weight excluding hydrogens is 230 g/mol. The average molecular weight is 257 g/mol. The number of hydrogen-bond acceptors (Lipinski definition) is 1. The minimum Gasteiger partial charge on any atom is -0.307 e. The molecule has 1 unspecified atom stereocenters. The van der Waals surface area contributed by atoms with E-state index in [1.165, 1.54) is 63.4 Å². The quantitative estimate of drug-likeness (QED) is 0.783. The lowest BCUT2D eigenvalue weighted by atomic mass is 10.00. The van der Waals surface area contributed by atoms with Gasteiger partial charge in [0.2, 0.25) is 0 Å². The van der Waals surface area contributed by atoms with Crippen molar-refractivity contribution in [2.45, 2.75) is 76.8 Å². The maximum absolute atomic E-state index is 3.87. The van der Waals surface area contributed by atoms with Crippen LogP contribution in [-0.4, -0.2) is 6.04 Å². The minimum absolute atomic E-state index is 0.508. The van der Waals surface area contributed by atoms with Crippen molar-refractivity contribution in [2.24, 2.45) is 0 Å². The highest BCUT2D eigenvalue weighted by atomic mass is 14.9. The lowest BCUT2D eigenvalue weighted by molar-refractivity contribution is 0.414. The second kappa shape index (κ2) is 6.09. The van der Waals surface area contributed by atoms with Gasteiger partial charge in [-0.05, 0) is 55.7 Å². The van der Waals surface area contributed by atoms with Gasteiger partial charge in [0.25, 0.3) is 0 Å². The fourth-order valence-electron chi connectivity index (χ4n) is 3.76. The monoisotopic (exact) mass is 257 g/mol. The maximum Gasteiger partial charge on any atom is 0.0294 e. The molecule has 2 aliphatic carbocycles. The number of benzene rings is 1. The summed E-state index contributed by atoms with van der Waals surface area (Å²) in [7, 11) is 0. The Morgan fingerprint density at radius 3 is 2.47 bits per heavy atom. The third kappa shape index (κ3) is 3.20. The number of aryl methyl sites for hydroxylation is 2.